The van der Waals surface area contributed by atoms with E-state index in [1.54, 1.807) is 17.5 Å². The fourth-order valence-corrected chi connectivity index (χ4v) is 4.39. The minimum atomic E-state index is -0.0883. The molecule has 28 heavy (non-hydrogen) atoms. The highest BCUT2D eigenvalue weighted by Gasteiger charge is 2.32. The number of carbonyl (C=O) groups excluding carboxylic acids is 1. The van der Waals surface area contributed by atoms with Gasteiger partial charge in [0.05, 0.1) is 27.7 Å². The zero-order valence-corrected chi connectivity index (χ0v) is 17.4. The first kappa shape index (κ1) is 19.1. The Morgan fingerprint density at radius 2 is 2.11 bits per heavy atom. The van der Waals surface area contributed by atoms with Gasteiger partial charge in [0.15, 0.2) is 5.65 Å². The van der Waals surface area contributed by atoms with Gasteiger partial charge in [0.1, 0.15) is 0 Å². The molecule has 1 saturated heterocycles. The van der Waals surface area contributed by atoms with Gasteiger partial charge in [0.25, 0.3) is 5.91 Å². The Bertz CT molecular complexity index is 985. The van der Waals surface area contributed by atoms with Gasteiger partial charge in [-0.15, -0.1) is 11.3 Å². The zero-order chi connectivity index (χ0) is 19.9. The molecule has 3 aromatic rings. The summed E-state index contributed by atoms with van der Waals surface area (Å²) in [6.45, 7) is 7.69. The number of hydrogen-bond acceptors (Lipinski definition) is 5. The van der Waals surface area contributed by atoms with Crippen LogP contribution in [-0.2, 0) is 0 Å². The highest BCUT2D eigenvalue weighted by atomic mass is 32.1. The summed E-state index contributed by atoms with van der Waals surface area (Å²) in [6.07, 6.45) is 3.38. The number of amides is 1. The molecule has 0 aliphatic carbocycles. The van der Waals surface area contributed by atoms with Crippen molar-refractivity contribution >= 4 is 28.3 Å². The Hall–Kier alpha value is -2.25. The number of aromatic nitrogens is 3. The maximum absolute atomic E-state index is 13.4. The molecule has 0 aromatic carbocycles. The number of piperidine rings is 1. The monoisotopic (exact) mass is 398 g/mol. The van der Waals surface area contributed by atoms with E-state index in [0.717, 1.165) is 34.4 Å². The van der Waals surface area contributed by atoms with Crippen molar-refractivity contribution < 1.29 is 9.90 Å². The second-order valence-electron chi connectivity index (χ2n) is 8.21. The predicted molar refractivity (Wildman–Crippen MR) is 112 cm³/mol. The fourth-order valence-electron chi connectivity index (χ4n) is 3.70. The number of hydrogen-bond donors (Lipinski definition) is 1. The van der Waals surface area contributed by atoms with Gasteiger partial charge in [-0.3, -0.25) is 4.79 Å². The Morgan fingerprint density at radius 3 is 2.71 bits per heavy atom. The largest absolute Gasteiger partial charge is 0.396 e. The molecule has 1 amide bonds. The van der Waals surface area contributed by atoms with Gasteiger partial charge in [-0.1, -0.05) is 13.0 Å². The van der Waals surface area contributed by atoms with E-state index >= 15 is 0 Å². The summed E-state index contributed by atoms with van der Waals surface area (Å²) in [5.41, 5.74) is 2.13. The Kier molecular flexibility index (Phi) is 4.97. The third-order valence-corrected chi connectivity index (χ3v) is 6.59. The Labute approximate surface area is 168 Å². The van der Waals surface area contributed by atoms with Crippen molar-refractivity contribution in [3.8, 4) is 10.6 Å². The number of rotatable bonds is 4. The van der Waals surface area contributed by atoms with Gasteiger partial charge >= 0.3 is 0 Å². The van der Waals surface area contributed by atoms with Gasteiger partial charge in [-0.25, -0.2) is 9.67 Å². The third kappa shape index (κ3) is 3.33. The van der Waals surface area contributed by atoms with Crippen molar-refractivity contribution in [3.05, 3.63) is 35.3 Å². The number of thiophene rings is 1. The highest BCUT2D eigenvalue weighted by Crippen LogP contribution is 2.33. The van der Waals surface area contributed by atoms with Crippen LogP contribution >= 0.6 is 11.3 Å². The van der Waals surface area contributed by atoms with E-state index < -0.39 is 0 Å². The van der Waals surface area contributed by atoms with Crippen LogP contribution in [0, 0.1) is 5.41 Å². The van der Waals surface area contributed by atoms with Crippen molar-refractivity contribution in [2.24, 2.45) is 5.41 Å². The molecule has 0 bridgehead atoms. The lowest BCUT2D eigenvalue weighted by atomic mass is 9.81. The number of likely N-dealkylation sites (tertiary alicyclic amines) is 1. The molecule has 4 heterocycles. The molecule has 4 rings (SSSR count). The van der Waals surface area contributed by atoms with Crippen LogP contribution in [0.2, 0.25) is 0 Å². The molecule has 0 atom stereocenters. The van der Waals surface area contributed by atoms with E-state index in [9.17, 15) is 9.90 Å². The van der Waals surface area contributed by atoms with E-state index in [1.165, 1.54) is 0 Å². The van der Waals surface area contributed by atoms with Crippen LogP contribution in [0.3, 0.4) is 0 Å². The van der Waals surface area contributed by atoms with Crippen LogP contribution in [-0.4, -0.2) is 50.4 Å². The summed E-state index contributed by atoms with van der Waals surface area (Å²) >= 11 is 1.62. The first-order valence-electron chi connectivity index (χ1n) is 9.74. The molecule has 6 nitrogen and oxygen atoms in total. The van der Waals surface area contributed by atoms with E-state index in [-0.39, 0.29) is 24.0 Å². The minimum absolute atomic E-state index is 0.0218. The maximum atomic E-state index is 13.4. The van der Waals surface area contributed by atoms with E-state index in [1.807, 2.05) is 33.2 Å². The average molecular weight is 399 g/mol. The predicted octanol–water partition coefficient (Wildman–Crippen LogP) is 3.98. The van der Waals surface area contributed by atoms with Crippen molar-refractivity contribution in [2.75, 3.05) is 19.7 Å². The average Bonchev–Trinajstić information content (AvgIpc) is 3.37. The lowest BCUT2D eigenvalue weighted by Crippen LogP contribution is -2.43. The third-order valence-electron chi connectivity index (χ3n) is 5.70. The molecule has 0 unspecified atom stereocenters. The molecule has 1 N–H and O–H groups in total. The van der Waals surface area contributed by atoms with Crippen LogP contribution in [0.4, 0.5) is 0 Å². The summed E-state index contributed by atoms with van der Waals surface area (Å²) in [5, 5.41) is 16.9. The maximum Gasteiger partial charge on any atom is 0.254 e. The molecule has 148 valence electrons. The normalized spacial score (nSPS) is 16.8. The minimum Gasteiger partial charge on any atom is -0.396 e. The first-order chi connectivity index (χ1) is 13.4. The van der Waals surface area contributed by atoms with Crippen molar-refractivity contribution in [1.29, 1.82) is 0 Å². The number of pyridine rings is 1. The number of carbonyl (C=O) groups is 1. The fraction of sp³-hybridized carbons (Fsp3) is 0.476. The van der Waals surface area contributed by atoms with Crippen LogP contribution in [0.15, 0.2) is 29.8 Å². The first-order valence-corrected chi connectivity index (χ1v) is 10.6. The summed E-state index contributed by atoms with van der Waals surface area (Å²) in [5.74, 6) is 0.0218. The molecule has 3 aromatic heterocycles. The van der Waals surface area contributed by atoms with E-state index in [4.69, 9.17) is 4.98 Å². The van der Waals surface area contributed by atoms with Crippen LogP contribution in [0.1, 0.15) is 50.0 Å². The summed E-state index contributed by atoms with van der Waals surface area (Å²) in [6, 6.07) is 6.08. The second kappa shape index (κ2) is 7.29. The van der Waals surface area contributed by atoms with Gasteiger partial charge in [0.2, 0.25) is 0 Å². The molecule has 0 saturated carbocycles. The number of aliphatic hydroxyl groups is 1. The van der Waals surface area contributed by atoms with Gasteiger partial charge in [-0.2, -0.15) is 5.10 Å². The molecule has 1 aliphatic rings. The van der Waals surface area contributed by atoms with Crippen molar-refractivity contribution in [2.45, 2.75) is 39.7 Å². The molecular weight excluding hydrogens is 372 g/mol. The lowest BCUT2D eigenvalue weighted by molar-refractivity contribution is 0.0441. The van der Waals surface area contributed by atoms with Crippen LogP contribution in [0.5, 0.6) is 0 Å². The molecule has 0 radical (unpaired) electrons. The second-order valence-corrected chi connectivity index (χ2v) is 9.16. The van der Waals surface area contributed by atoms with Gasteiger partial charge < -0.3 is 10.0 Å². The molecule has 1 fully saturated rings. The quantitative estimate of drug-likeness (QED) is 0.722. The summed E-state index contributed by atoms with van der Waals surface area (Å²) < 4.78 is 1.88. The Balaban J connectivity index is 1.76. The molecular formula is C21H26N4O2S. The number of fused-ring (bicyclic) bond motifs is 1. The van der Waals surface area contributed by atoms with E-state index in [2.05, 4.69) is 25.9 Å². The lowest BCUT2D eigenvalue weighted by Gasteiger charge is -2.38. The topological polar surface area (TPSA) is 71.2 Å². The SMILES string of the molecule is CC(C)n1ncc2c(C(=O)N3CCC(C)(CO)CC3)cc(-c3cccs3)nc21. The molecule has 1 aliphatic heterocycles. The van der Waals surface area contributed by atoms with E-state index in [0.29, 0.717) is 18.7 Å². The van der Waals surface area contributed by atoms with Crippen LogP contribution in [0.25, 0.3) is 21.6 Å². The summed E-state index contributed by atoms with van der Waals surface area (Å²) in [4.78, 5) is 21.2. The van der Waals surface area contributed by atoms with Gasteiger partial charge in [0, 0.05) is 25.7 Å². The number of nitrogens with zero attached hydrogens (tertiary/aromatic N) is 4. The molecule has 7 heteroatoms. The Morgan fingerprint density at radius 1 is 1.36 bits per heavy atom. The standard InChI is InChI=1S/C21H26N4O2S/c1-14(2)25-19-16(12-22-25)15(11-17(23-19)18-5-4-10-28-18)20(27)24-8-6-21(3,13-26)7-9-24/h4-5,10-12,14,26H,6-9,13H2,1-3H3. The smallest absolute Gasteiger partial charge is 0.254 e. The summed E-state index contributed by atoms with van der Waals surface area (Å²) in [7, 11) is 0. The zero-order valence-electron chi connectivity index (χ0n) is 16.6. The highest BCUT2D eigenvalue weighted by molar-refractivity contribution is 7.13. The van der Waals surface area contributed by atoms with Crippen molar-refractivity contribution in [3.63, 3.8) is 0 Å². The van der Waals surface area contributed by atoms with Gasteiger partial charge in [-0.05, 0) is 49.6 Å². The molecule has 0 spiro atoms. The number of aliphatic hydroxyl groups excluding tert-OH is 1. The van der Waals surface area contributed by atoms with Crippen LogP contribution < -0.4 is 0 Å². The van der Waals surface area contributed by atoms with Crippen molar-refractivity contribution in [1.82, 2.24) is 19.7 Å².